The lowest BCUT2D eigenvalue weighted by atomic mass is 10.1. The van der Waals surface area contributed by atoms with Crippen molar-refractivity contribution in [3.63, 3.8) is 0 Å². The van der Waals surface area contributed by atoms with Crippen molar-refractivity contribution in [2.45, 2.75) is 16.5 Å². The Bertz CT molecular complexity index is 810. The fourth-order valence-corrected chi connectivity index (χ4v) is 4.82. The quantitative estimate of drug-likeness (QED) is 0.908. The Morgan fingerprint density at radius 2 is 2.00 bits per heavy atom. The zero-order chi connectivity index (χ0) is 16.3. The Morgan fingerprint density at radius 1 is 1.17 bits per heavy atom. The van der Waals surface area contributed by atoms with Crippen LogP contribution in [0.25, 0.3) is 0 Å². The number of sulfone groups is 1. The van der Waals surface area contributed by atoms with Gasteiger partial charge in [0.25, 0.3) is 0 Å². The Morgan fingerprint density at radius 3 is 2.70 bits per heavy atom. The van der Waals surface area contributed by atoms with Crippen molar-refractivity contribution in [3.8, 4) is 0 Å². The first-order chi connectivity index (χ1) is 11.0. The van der Waals surface area contributed by atoms with Crippen molar-refractivity contribution >= 4 is 33.2 Å². The summed E-state index contributed by atoms with van der Waals surface area (Å²) in [6.45, 7) is 0. The second kappa shape index (κ2) is 6.67. The third-order valence-corrected chi connectivity index (χ3v) is 6.10. The molecule has 0 aromatic carbocycles. The minimum absolute atomic E-state index is 0.0700. The molecule has 0 bridgehead atoms. The molecule has 2 aromatic heterocycles. The van der Waals surface area contributed by atoms with Crippen LogP contribution in [0.4, 0.5) is 5.69 Å². The van der Waals surface area contributed by atoms with Crippen molar-refractivity contribution in [2.24, 2.45) is 5.92 Å². The standard InChI is InChI=1S/C15H15N3O3S2/c19-15(11-5-8-23(20,21)10-11)18-12-4-7-17-14(9-12)22-13-3-1-2-6-16-13/h1-4,6-7,9,11H,5,8,10H2,(H,17,18,19)/t11-/m0/s1. The van der Waals surface area contributed by atoms with Gasteiger partial charge in [0, 0.05) is 18.1 Å². The van der Waals surface area contributed by atoms with E-state index in [1.807, 2.05) is 18.2 Å². The number of carbonyl (C=O) groups excluding carboxylic acids is 1. The minimum Gasteiger partial charge on any atom is -0.326 e. The molecule has 1 N–H and O–H groups in total. The third-order valence-electron chi connectivity index (χ3n) is 3.45. The van der Waals surface area contributed by atoms with E-state index in [1.165, 1.54) is 11.8 Å². The molecular weight excluding hydrogens is 334 g/mol. The summed E-state index contributed by atoms with van der Waals surface area (Å²) < 4.78 is 22.9. The van der Waals surface area contributed by atoms with Gasteiger partial charge in [0.1, 0.15) is 10.1 Å². The smallest absolute Gasteiger partial charge is 0.228 e. The van der Waals surface area contributed by atoms with E-state index in [0.29, 0.717) is 17.1 Å². The summed E-state index contributed by atoms with van der Waals surface area (Å²) >= 11 is 1.39. The average molecular weight is 349 g/mol. The number of aromatic nitrogens is 2. The van der Waals surface area contributed by atoms with Gasteiger partial charge in [-0.3, -0.25) is 4.79 Å². The van der Waals surface area contributed by atoms with Crippen LogP contribution in [0.15, 0.2) is 52.8 Å². The van der Waals surface area contributed by atoms with E-state index < -0.39 is 15.8 Å². The topological polar surface area (TPSA) is 89.0 Å². The van der Waals surface area contributed by atoms with Crippen LogP contribution >= 0.6 is 11.8 Å². The monoisotopic (exact) mass is 349 g/mol. The molecule has 1 aliphatic rings. The Kier molecular flexibility index (Phi) is 4.63. The first-order valence-corrected chi connectivity index (χ1v) is 9.72. The number of amides is 1. The SMILES string of the molecule is O=C(Nc1ccnc(Sc2ccccn2)c1)[C@H]1CCS(=O)(=O)C1. The summed E-state index contributed by atoms with van der Waals surface area (Å²) in [6, 6.07) is 9.04. The predicted molar refractivity (Wildman–Crippen MR) is 88.0 cm³/mol. The number of nitrogens with one attached hydrogen (secondary N) is 1. The molecule has 1 fully saturated rings. The molecule has 120 valence electrons. The van der Waals surface area contributed by atoms with Crippen LogP contribution in [0, 0.1) is 5.92 Å². The lowest BCUT2D eigenvalue weighted by molar-refractivity contribution is -0.119. The number of hydrogen-bond acceptors (Lipinski definition) is 6. The third kappa shape index (κ3) is 4.29. The number of rotatable bonds is 4. The van der Waals surface area contributed by atoms with Crippen LogP contribution in [0.1, 0.15) is 6.42 Å². The molecule has 0 aliphatic carbocycles. The lowest BCUT2D eigenvalue weighted by Crippen LogP contribution is -2.23. The van der Waals surface area contributed by atoms with Gasteiger partial charge < -0.3 is 5.32 Å². The highest BCUT2D eigenvalue weighted by Crippen LogP contribution is 2.26. The van der Waals surface area contributed by atoms with E-state index in [2.05, 4.69) is 15.3 Å². The minimum atomic E-state index is -3.07. The molecule has 3 rings (SSSR count). The fourth-order valence-electron chi connectivity index (χ4n) is 2.30. The van der Waals surface area contributed by atoms with E-state index in [4.69, 9.17) is 0 Å². The molecule has 0 unspecified atom stereocenters. The normalized spacial score (nSPS) is 19.4. The molecular formula is C15H15N3O3S2. The van der Waals surface area contributed by atoms with Gasteiger partial charge in [-0.1, -0.05) is 17.8 Å². The van der Waals surface area contributed by atoms with Gasteiger partial charge in [-0.15, -0.1) is 0 Å². The number of hydrogen-bond donors (Lipinski definition) is 1. The van der Waals surface area contributed by atoms with Crippen molar-refractivity contribution in [3.05, 3.63) is 42.7 Å². The maximum Gasteiger partial charge on any atom is 0.228 e. The molecule has 23 heavy (non-hydrogen) atoms. The Hall–Kier alpha value is -1.93. The van der Waals surface area contributed by atoms with Crippen LogP contribution in [0.5, 0.6) is 0 Å². The van der Waals surface area contributed by atoms with Gasteiger partial charge in [-0.25, -0.2) is 18.4 Å². The zero-order valence-corrected chi connectivity index (χ0v) is 13.8. The van der Waals surface area contributed by atoms with E-state index in [9.17, 15) is 13.2 Å². The molecule has 0 radical (unpaired) electrons. The highest BCUT2D eigenvalue weighted by molar-refractivity contribution is 7.99. The maximum absolute atomic E-state index is 12.2. The van der Waals surface area contributed by atoms with Gasteiger partial charge in [0.15, 0.2) is 9.84 Å². The molecule has 0 spiro atoms. The number of carbonyl (C=O) groups is 1. The van der Waals surface area contributed by atoms with Crippen LogP contribution in [0.2, 0.25) is 0 Å². The fraction of sp³-hybridized carbons (Fsp3) is 0.267. The summed E-state index contributed by atoms with van der Waals surface area (Å²) in [7, 11) is -3.07. The Balaban J connectivity index is 1.67. The summed E-state index contributed by atoms with van der Waals surface area (Å²) in [6.07, 6.45) is 3.69. The highest BCUT2D eigenvalue weighted by Gasteiger charge is 2.32. The van der Waals surface area contributed by atoms with Gasteiger partial charge in [0.05, 0.1) is 17.4 Å². The summed E-state index contributed by atoms with van der Waals surface area (Å²) in [5.74, 6) is -0.715. The second-order valence-corrected chi connectivity index (χ2v) is 8.51. The molecule has 1 atom stereocenters. The Labute approximate surface area is 138 Å². The number of anilines is 1. The van der Waals surface area contributed by atoms with Crippen molar-refractivity contribution < 1.29 is 13.2 Å². The van der Waals surface area contributed by atoms with E-state index in [0.717, 1.165) is 5.03 Å². The van der Waals surface area contributed by atoms with Crippen molar-refractivity contribution in [1.29, 1.82) is 0 Å². The van der Waals surface area contributed by atoms with Gasteiger partial charge >= 0.3 is 0 Å². The molecule has 6 nitrogen and oxygen atoms in total. The van der Waals surface area contributed by atoms with Gasteiger partial charge in [-0.05, 0) is 30.7 Å². The van der Waals surface area contributed by atoms with Crippen LogP contribution in [-0.2, 0) is 14.6 Å². The molecule has 8 heteroatoms. The largest absolute Gasteiger partial charge is 0.326 e. The van der Waals surface area contributed by atoms with Gasteiger partial charge in [-0.2, -0.15) is 0 Å². The van der Waals surface area contributed by atoms with Crippen molar-refractivity contribution in [2.75, 3.05) is 16.8 Å². The molecule has 1 aliphatic heterocycles. The van der Waals surface area contributed by atoms with E-state index in [-0.39, 0.29) is 17.4 Å². The first-order valence-electron chi connectivity index (χ1n) is 7.08. The lowest BCUT2D eigenvalue weighted by Gasteiger charge is -2.10. The summed E-state index contributed by atoms with van der Waals surface area (Å²) in [4.78, 5) is 20.6. The molecule has 0 saturated carbocycles. The van der Waals surface area contributed by atoms with Gasteiger partial charge in [0.2, 0.25) is 5.91 Å². The summed E-state index contributed by atoms with van der Waals surface area (Å²) in [5.41, 5.74) is 0.604. The first kappa shape index (κ1) is 15.9. The second-order valence-electron chi connectivity index (χ2n) is 5.24. The van der Waals surface area contributed by atoms with E-state index >= 15 is 0 Å². The van der Waals surface area contributed by atoms with Crippen LogP contribution < -0.4 is 5.32 Å². The summed E-state index contributed by atoms with van der Waals surface area (Å²) in [5, 5.41) is 4.29. The molecule has 3 heterocycles. The molecule has 1 amide bonds. The average Bonchev–Trinajstić information content (AvgIpc) is 2.89. The highest BCUT2D eigenvalue weighted by atomic mass is 32.2. The predicted octanol–water partition coefficient (Wildman–Crippen LogP) is 2.00. The van der Waals surface area contributed by atoms with Crippen LogP contribution in [-0.4, -0.2) is 35.8 Å². The zero-order valence-electron chi connectivity index (χ0n) is 12.2. The molecule has 1 saturated heterocycles. The number of nitrogens with zero attached hydrogens (tertiary/aromatic N) is 2. The van der Waals surface area contributed by atoms with Crippen LogP contribution in [0.3, 0.4) is 0 Å². The maximum atomic E-state index is 12.2. The number of pyridine rings is 2. The van der Waals surface area contributed by atoms with E-state index in [1.54, 1.807) is 24.5 Å². The van der Waals surface area contributed by atoms with Crippen molar-refractivity contribution in [1.82, 2.24) is 9.97 Å². The molecule has 2 aromatic rings.